The molecule has 5 nitrogen and oxygen atoms in total. The van der Waals surface area contributed by atoms with Crippen molar-refractivity contribution in [1.29, 1.82) is 0 Å². The third-order valence-electron chi connectivity index (χ3n) is 3.56. The van der Waals surface area contributed by atoms with Gasteiger partial charge in [0.15, 0.2) is 17.0 Å². The molecular formula is C17H12N2O3. The molecule has 4 rings (SSSR count). The maximum Gasteiger partial charge on any atom is 0.193 e. The molecule has 0 bridgehead atoms. The number of hydrogen-bond acceptors (Lipinski definition) is 4. The number of fused-ring (bicyclic) bond motifs is 2. The molecule has 0 aliphatic carbocycles. The highest BCUT2D eigenvalue weighted by atomic mass is 16.5. The van der Waals surface area contributed by atoms with E-state index in [9.17, 15) is 4.79 Å². The molecular weight excluding hydrogens is 280 g/mol. The van der Waals surface area contributed by atoms with E-state index in [1.807, 2.05) is 24.3 Å². The maximum absolute atomic E-state index is 12.2. The third kappa shape index (κ3) is 1.95. The third-order valence-corrected chi connectivity index (χ3v) is 3.56. The first-order chi connectivity index (χ1) is 10.7. The normalized spacial score (nSPS) is 11.1. The highest BCUT2D eigenvalue weighted by Crippen LogP contribution is 2.24. The second-order valence-electron chi connectivity index (χ2n) is 4.94. The van der Waals surface area contributed by atoms with E-state index in [-0.39, 0.29) is 5.43 Å². The van der Waals surface area contributed by atoms with Crippen LogP contribution in [0.25, 0.3) is 33.6 Å². The van der Waals surface area contributed by atoms with E-state index < -0.39 is 0 Å². The fourth-order valence-electron chi connectivity index (χ4n) is 2.45. The number of aromatic amines is 1. The Kier molecular flexibility index (Phi) is 2.72. The SMILES string of the molecule is COc1ccc2c(=O)cc(-c3nc4ccccc4[nH]3)oc2c1. The molecule has 108 valence electrons. The molecule has 0 radical (unpaired) electrons. The average molecular weight is 292 g/mol. The molecule has 0 saturated heterocycles. The summed E-state index contributed by atoms with van der Waals surface area (Å²) in [5, 5.41) is 0.515. The van der Waals surface area contributed by atoms with Gasteiger partial charge in [0, 0.05) is 12.1 Å². The van der Waals surface area contributed by atoms with Gasteiger partial charge < -0.3 is 14.1 Å². The minimum absolute atomic E-state index is 0.112. The van der Waals surface area contributed by atoms with Crippen LogP contribution in [0.15, 0.2) is 57.7 Å². The Labute approximate surface area is 125 Å². The Hall–Kier alpha value is -3.08. The zero-order valence-corrected chi connectivity index (χ0v) is 11.8. The van der Waals surface area contributed by atoms with E-state index in [0.29, 0.717) is 28.3 Å². The van der Waals surface area contributed by atoms with Crippen LogP contribution in [0.3, 0.4) is 0 Å². The minimum atomic E-state index is -0.112. The van der Waals surface area contributed by atoms with Crippen molar-refractivity contribution in [2.45, 2.75) is 0 Å². The summed E-state index contributed by atoms with van der Waals surface area (Å²) in [7, 11) is 1.57. The van der Waals surface area contributed by atoms with Crippen LogP contribution in [0.5, 0.6) is 5.75 Å². The Bertz CT molecular complexity index is 1010. The lowest BCUT2D eigenvalue weighted by molar-refractivity contribution is 0.414. The van der Waals surface area contributed by atoms with Crippen molar-refractivity contribution < 1.29 is 9.15 Å². The number of rotatable bonds is 2. The number of H-pyrrole nitrogens is 1. The van der Waals surface area contributed by atoms with Crippen LogP contribution < -0.4 is 10.2 Å². The molecule has 0 spiro atoms. The molecule has 2 aromatic heterocycles. The molecule has 2 heterocycles. The second kappa shape index (κ2) is 4.73. The summed E-state index contributed by atoms with van der Waals surface area (Å²) in [5.74, 6) is 1.57. The number of benzene rings is 2. The molecule has 4 aromatic rings. The smallest absolute Gasteiger partial charge is 0.193 e. The monoisotopic (exact) mass is 292 g/mol. The lowest BCUT2D eigenvalue weighted by Gasteiger charge is -2.03. The number of aromatic nitrogens is 2. The van der Waals surface area contributed by atoms with Crippen LogP contribution in [0, 0.1) is 0 Å². The fraction of sp³-hybridized carbons (Fsp3) is 0.0588. The van der Waals surface area contributed by atoms with Gasteiger partial charge in [-0.2, -0.15) is 0 Å². The van der Waals surface area contributed by atoms with Crippen molar-refractivity contribution in [3.63, 3.8) is 0 Å². The van der Waals surface area contributed by atoms with E-state index >= 15 is 0 Å². The number of nitrogens with one attached hydrogen (secondary N) is 1. The lowest BCUT2D eigenvalue weighted by atomic mass is 10.2. The topological polar surface area (TPSA) is 68.1 Å². The quantitative estimate of drug-likeness (QED) is 0.615. The fourth-order valence-corrected chi connectivity index (χ4v) is 2.45. The standard InChI is InChI=1S/C17H12N2O3/c1-21-10-6-7-11-14(20)9-16(22-15(11)8-10)17-18-12-4-2-3-5-13(12)19-17/h2-9H,1H3,(H,18,19). The molecule has 0 amide bonds. The molecule has 0 atom stereocenters. The van der Waals surface area contributed by atoms with Gasteiger partial charge >= 0.3 is 0 Å². The van der Waals surface area contributed by atoms with Crippen molar-refractivity contribution in [3.8, 4) is 17.3 Å². The van der Waals surface area contributed by atoms with Crippen molar-refractivity contribution >= 4 is 22.0 Å². The molecule has 0 aliphatic rings. The van der Waals surface area contributed by atoms with Gasteiger partial charge in [-0.15, -0.1) is 0 Å². The molecule has 2 aromatic carbocycles. The number of imidazole rings is 1. The van der Waals surface area contributed by atoms with Gasteiger partial charge in [0.2, 0.25) is 0 Å². The van der Waals surface area contributed by atoms with Crippen molar-refractivity contribution in [2.75, 3.05) is 7.11 Å². The number of methoxy groups -OCH3 is 1. The number of hydrogen-bond donors (Lipinski definition) is 1. The Morgan fingerprint density at radius 2 is 2.00 bits per heavy atom. The summed E-state index contributed by atoms with van der Waals surface area (Å²) in [6.45, 7) is 0. The second-order valence-corrected chi connectivity index (χ2v) is 4.94. The Morgan fingerprint density at radius 3 is 2.82 bits per heavy atom. The molecule has 0 aliphatic heterocycles. The summed E-state index contributed by atoms with van der Waals surface area (Å²) in [4.78, 5) is 19.9. The predicted octanol–water partition coefficient (Wildman–Crippen LogP) is 3.34. The molecule has 22 heavy (non-hydrogen) atoms. The van der Waals surface area contributed by atoms with Crippen LogP contribution in [-0.2, 0) is 0 Å². The van der Waals surface area contributed by atoms with Crippen LogP contribution in [0.2, 0.25) is 0 Å². The number of ether oxygens (including phenoxy) is 1. The van der Waals surface area contributed by atoms with Crippen LogP contribution >= 0.6 is 0 Å². The maximum atomic E-state index is 12.2. The van der Waals surface area contributed by atoms with E-state index in [2.05, 4.69) is 9.97 Å². The summed E-state index contributed by atoms with van der Waals surface area (Å²) in [5.41, 5.74) is 2.08. The van der Waals surface area contributed by atoms with Gasteiger partial charge in [-0.05, 0) is 24.3 Å². The van der Waals surface area contributed by atoms with Gasteiger partial charge in [0.25, 0.3) is 0 Å². The van der Waals surface area contributed by atoms with E-state index in [1.54, 1.807) is 25.3 Å². The van der Waals surface area contributed by atoms with Crippen LogP contribution in [0.1, 0.15) is 0 Å². The molecule has 0 unspecified atom stereocenters. The average Bonchev–Trinajstić information content (AvgIpc) is 2.98. The minimum Gasteiger partial charge on any atom is -0.497 e. The highest BCUT2D eigenvalue weighted by Gasteiger charge is 2.11. The molecule has 0 fully saturated rings. The van der Waals surface area contributed by atoms with Gasteiger partial charge in [-0.3, -0.25) is 4.79 Å². The van der Waals surface area contributed by atoms with Crippen molar-refractivity contribution in [2.24, 2.45) is 0 Å². The van der Waals surface area contributed by atoms with Gasteiger partial charge in [-0.25, -0.2) is 4.98 Å². The van der Waals surface area contributed by atoms with E-state index in [0.717, 1.165) is 11.0 Å². The van der Waals surface area contributed by atoms with Gasteiger partial charge in [0.1, 0.15) is 11.3 Å². The first-order valence-electron chi connectivity index (χ1n) is 6.81. The van der Waals surface area contributed by atoms with E-state index in [4.69, 9.17) is 9.15 Å². The van der Waals surface area contributed by atoms with Gasteiger partial charge in [-0.1, -0.05) is 12.1 Å². The molecule has 5 heteroatoms. The Balaban J connectivity index is 1.96. The zero-order valence-electron chi connectivity index (χ0n) is 11.8. The summed E-state index contributed by atoms with van der Waals surface area (Å²) >= 11 is 0. The lowest BCUT2D eigenvalue weighted by Crippen LogP contribution is -2.01. The number of para-hydroxylation sites is 2. The van der Waals surface area contributed by atoms with Gasteiger partial charge in [0.05, 0.1) is 23.5 Å². The summed E-state index contributed by atoms with van der Waals surface area (Å²) in [6.07, 6.45) is 0. The first-order valence-corrected chi connectivity index (χ1v) is 6.81. The first kappa shape index (κ1) is 12.6. The molecule has 0 saturated carbocycles. The number of nitrogens with zero attached hydrogens (tertiary/aromatic N) is 1. The van der Waals surface area contributed by atoms with Crippen molar-refractivity contribution in [3.05, 3.63) is 58.8 Å². The molecule has 1 N–H and O–H groups in total. The van der Waals surface area contributed by atoms with Crippen molar-refractivity contribution in [1.82, 2.24) is 9.97 Å². The summed E-state index contributed by atoms with van der Waals surface area (Å²) in [6, 6.07) is 14.2. The zero-order chi connectivity index (χ0) is 15.1. The van der Waals surface area contributed by atoms with E-state index in [1.165, 1.54) is 6.07 Å². The van der Waals surface area contributed by atoms with Crippen LogP contribution in [-0.4, -0.2) is 17.1 Å². The van der Waals surface area contributed by atoms with Crippen LogP contribution in [0.4, 0.5) is 0 Å². The Morgan fingerprint density at radius 1 is 1.14 bits per heavy atom. The predicted molar refractivity (Wildman–Crippen MR) is 84.1 cm³/mol. The highest BCUT2D eigenvalue weighted by molar-refractivity contribution is 5.81. The largest absolute Gasteiger partial charge is 0.497 e. The summed E-state index contributed by atoms with van der Waals surface area (Å²) < 4.78 is 11.0.